The number of alkyl halides is 1. The molecule has 0 amide bonds. The van der Waals surface area contributed by atoms with Gasteiger partial charge in [0, 0.05) is 23.6 Å². The Bertz CT molecular complexity index is 914. The minimum atomic E-state index is -3.46. The van der Waals surface area contributed by atoms with Gasteiger partial charge >= 0.3 is 13.4 Å². The zero-order valence-electron chi connectivity index (χ0n) is 12.2. The van der Waals surface area contributed by atoms with Crippen molar-refractivity contribution in [3.05, 3.63) is 45.2 Å². The number of aromatic nitrogens is 1. The van der Waals surface area contributed by atoms with E-state index in [1.165, 1.54) is 6.92 Å². The fourth-order valence-electron chi connectivity index (χ4n) is 2.65. The second-order valence-corrected chi connectivity index (χ2v) is 5.46. The van der Waals surface area contributed by atoms with Crippen molar-refractivity contribution in [2.75, 3.05) is 0 Å². The average molecular weight is 345 g/mol. The Morgan fingerprint density at radius 2 is 2.00 bits per heavy atom. The monoisotopic (exact) mass is 345 g/mol. The molecule has 0 saturated heterocycles. The lowest BCUT2D eigenvalue weighted by Crippen LogP contribution is -2.24. The predicted molar refractivity (Wildman–Crippen MR) is 74.8 cm³/mol. The first kappa shape index (κ1) is 16.5. The normalized spacial score (nSPS) is 19.4. The SMILES string of the molecule is Cc1c(F)c(F)cc2c(=O)c(C(=O)OB(F)F)cn(C3CC3F)c12. The molecule has 1 aromatic carbocycles. The quantitative estimate of drug-likeness (QED) is 0.635. The zero-order chi connectivity index (χ0) is 17.8. The van der Waals surface area contributed by atoms with Crippen LogP contribution in [-0.2, 0) is 4.65 Å². The van der Waals surface area contributed by atoms with Gasteiger partial charge in [-0.2, -0.15) is 0 Å². The summed E-state index contributed by atoms with van der Waals surface area (Å²) < 4.78 is 70.1. The summed E-state index contributed by atoms with van der Waals surface area (Å²) in [7, 11) is -3.46. The smallest absolute Gasteiger partial charge is 0.474 e. The maximum atomic E-state index is 13.8. The van der Waals surface area contributed by atoms with Gasteiger partial charge in [-0.3, -0.25) is 4.79 Å². The summed E-state index contributed by atoms with van der Waals surface area (Å²) in [5, 5.41) is -0.408. The standard InChI is InChI=1S/C14H9BF5NO3/c1-5-11(18)9(17)2-6-12(5)21(10-3-8(10)16)4-7(13(6)22)14(23)24-15(19)20/h2,4,8,10H,3H2,1H3. The van der Waals surface area contributed by atoms with Crippen LogP contribution in [0.25, 0.3) is 10.9 Å². The zero-order valence-corrected chi connectivity index (χ0v) is 12.2. The van der Waals surface area contributed by atoms with E-state index in [0.717, 1.165) is 10.8 Å². The topological polar surface area (TPSA) is 48.3 Å². The lowest BCUT2D eigenvalue weighted by Gasteiger charge is -2.15. The van der Waals surface area contributed by atoms with Gasteiger partial charge in [0.2, 0.25) is 5.43 Å². The molecule has 0 N–H and O–H groups in total. The van der Waals surface area contributed by atoms with Crippen LogP contribution < -0.4 is 5.43 Å². The molecule has 2 atom stereocenters. The van der Waals surface area contributed by atoms with Crippen molar-refractivity contribution in [2.24, 2.45) is 0 Å². The molecular formula is C14H9BF5NO3. The number of halogens is 5. The van der Waals surface area contributed by atoms with Gasteiger partial charge in [-0.15, -0.1) is 0 Å². The van der Waals surface area contributed by atoms with Crippen molar-refractivity contribution in [2.45, 2.75) is 25.6 Å². The third-order valence-corrected chi connectivity index (χ3v) is 3.89. The van der Waals surface area contributed by atoms with Crippen LogP contribution in [0.15, 0.2) is 17.1 Å². The van der Waals surface area contributed by atoms with Crippen molar-refractivity contribution >= 4 is 24.3 Å². The van der Waals surface area contributed by atoms with Gasteiger partial charge in [-0.1, -0.05) is 0 Å². The first-order chi connectivity index (χ1) is 11.2. The van der Waals surface area contributed by atoms with Crippen LogP contribution in [0.2, 0.25) is 0 Å². The van der Waals surface area contributed by atoms with Gasteiger partial charge in [-0.25, -0.2) is 26.6 Å². The second kappa shape index (κ2) is 5.61. The number of fused-ring (bicyclic) bond motifs is 1. The first-order valence-corrected chi connectivity index (χ1v) is 6.89. The number of carbonyl (C=O) groups excluding carboxylic acids is 1. The van der Waals surface area contributed by atoms with Gasteiger partial charge in [0.25, 0.3) is 0 Å². The van der Waals surface area contributed by atoms with Crippen molar-refractivity contribution in [1.29, 1.82) is 0 Å². The van der Waals surface area contributed by atoms with Gasteiger partial charge in [-0.05, 0) is 13.0 Å². The van der Waals surface area contributed by atoms with Gasteiger partial charge in [0.05, 0.1) is 11.6 Å². The molecule has 4 nitrogen and oxygen atoms in total. The fraction of sp³-hybridized carbons (Fsp3) is 0.286. The molecule has 0 spiro atoms. The Labute approximate surface area is 132 Å². The molecule has 2 unspecified atom stereocenters. The highest BCUT2D eigenvalue weighted by atomic mass is 19.2. The molecule has 126 valence electrons. The number of pyridine rings is 1. The van der Waals surface area contributed by atoms with E-state index >= 15 is 0 Å². The molecular weight excluding hydrogens is 336 g/mol. The van der Waals surface area contributed by atoms with Crippen molar-refractivity contribution in [3.8, 4) is 0 Å². The minimum absolute atomic E-state index is 0.0414. The van der Waals surface area contributed by atoms with Crippen LogP contribution in [0.1, 0.15) is 28.4 Å². The number of nitrogens with zero attached hydrogens (tertiary/aromatic N) is 1. The van der Waals surface area contributed by atoms with E-state index in [1.54, 1.807) is 0 Å². The lowest BCUT2D eigenvalue weighted by molar-refractivity contribution is 0.0693. The number of hydrogen-bond acceptors (Lipinski definition) is 3. The van der Waals surface area contributed by atoms with E-state index in [0.29, 0.717) is 6.07 Å². The first-order valence-electron chi connectivity index (χ1n) is 6.89. The number of aryl methyl sites for hydroxylation is 1. The molecule has 10 heteroatoms. The Morgan fingerprint density at radius 1 is 1.38 bits per heavy atom. The summed E-state index contributed by atoms with van der Waals surface area (Å²) in [4.78, 5) is 24.0. The maximum absolute atomic E-state index is 13.8. The third-order valence-electron chi connectivity index (χ3n) is 3.89. The largest absolute Gasteiger partial charge is 0.798 e. The minimum Gasteiger partial charge on any atom is -0.474 e. The summed E-state index contributed by atoms with van der Waals surface area (Å²) in [6.45, 7) is 1.20. The van der Waals surface area contributed by atoms with Crippen LogP contribution >= 0.6 is 0 Å². The van der Waals surface area contributed by atoms with Crippen LogP contribution in [-0.4, -0.2) is 24.2 Å². The number of benzene rings is 1. The van der Waals surface area contributed by atoms with E-state index in [-0.39, 0.29) is 17.5 Å². The molecule has 1 aliphatic rings. The van der Waals surface area contributed by atoms with Crippen LogP contribution in [0.4, 0.5) is 21.8 Å². The van der Waals surface area contributed by atoms with Crippen molar-refractivity contribution in [1.82, 2.24) is 4.57 Å². The second-order valence-electron chi connectivity index (χ2n) is 5.46. The molecule has 0 radical (unpaired) electrons. The fourth-order valence-corrected chi connectivity index (χ4v) is 2.65. The third kappa shape index (κ3) is 2.55. The predicted octanol–water partition coefficient (Wildman–Crippen LogP) is 2.95. The molecule has 24 heavy (non-hydrogen) atoms. The molecule has 1 fully saturated rings. The lowest BCUT2D eigenvalue weighted by atomic mass is 10.1. The molecule has 2 aromatic rings. The highest BCUT2D eigenvalue weighted by Crippen LogP contribution is 2.41. The highest BCUT2D eigenvalue weighted by Gasteiger charge is 2.41. The number of hydrogen-bond donors (Lipinski definition) is 0. The summed E-state index contributed by atoms with van der Waals surface area (Å²) in [6.07, 6.45) is -0.411. The van der Waals surface area contributed by atoms with Crippen LogP contribution in [0.5, 0.6) is 0 Å². The Morgan fingerprint density at radius 3 is 2.54 bits per heavy atom. The Balaban J connectivity index is 2.33. The van der Waals surface area contributed by atoms with E-state index < -0.39 is 53.7 Å². The average Bonchev–Trinajstić information content (AvgIpc) is 3.22. The number of rotatable bonds is 3. The van der Waals surface area contributed by atoms with E-state index in [9.17, 15) is 31.4 Å². The van der Waals surface area contributed by atoms with Crippen molar-refractivity contribution < 1.29 is 31.3 Å². The maximum Gasteiger partial charge on any atom is 0.798 e. The molecule has 1 aliphatic carbocycles. The molecule has 1 aromatic heterocycles. The molecule has 1 heterocycles. The van der Waals surface area contributed by atoms with Gasteiger partial charge in [0.15, 0.2) is 11.6 Å². The van der Waals surface area contributed by atoms with E-state index in [4.69, 9.17) is 0 Å². The molecule has 0 aliphatic heterocycles. The summed E-state index contributed by atoms with van der Waals surface area (Å²) in [6, 6.07) is -0.236. The molecule has 3 rings (SSSR count). The summed E-state index contributed by atoms with van der Waals surface area (Å²) >= 11 is 0. The summed E-state index contributed by atoms with van der Waals surface area (Å²) in [5.74, 6) is -4.17. The molecule has 0 bridgehead atoms. The van der Waals surface area contributed by atoms with Gasteiger partial charge < -0.3 is 9.22 Å². The van der Waals surface area contributed by atoms with Crippen LogP contribution in [0.3, 0.4) is 0 Å². The highest BCUT2D eigenvalue weighted by molar-refractivity contribution is 6.38. The van der Waals surface area contributed by atoms with E-state index in [2.05, 4.69) is 4.65 Å². The Kier molecular flexibility index (Phi) is 3.85. The van der Waals surface area contributed by atoms with Gasteiger partial charge in [0.1, 0.15) is 11.7 Å². The van der Waals surface area contributed by atoms with E-state index in [1.807, 2.05) is 0 Å². The summed E-state index contributed by atoms with van der Waals surface area (Å²) in [5.41, 5.74) is -2.22. The van der Waals surface area contributed by atoms with Crippen molar-refractivity contribution in [3.63, 3.8) is 0 Å². The number of carbonyl (C=O) groups is 1. The Hall–Kier alpha value is -2.39. The molecule has 1 saturated carbocycles. The van der Waals surface area contributed by atoms with Crippen LogP contribution in [0, 0.1) is 18.6 Å².